The number of likely N-dealkylation sites (N-methyl/N-ethyl adjacent to an activating group) is 2. The van der Waals surface area contributed by atoms with Gasteiger partial charge in [-0.1, -0.05) is 24.8 Å². The van der Waals surface area contributed by atoms with Crippen LogP contribution in [0.4, 0.5) is 27.8 Å². The van der Waals surface area contributed by atoms with Crippen LogP contribution < -0.4 is 20.3 Å². The molecule has 0 aliphatic heterocycles. The smallest absolute Gasteiger partial charge is 0.410 e. The molecular formula is C32H39N7O4. The summed E-state index contributed by atoms with van der Waals surface area (Å²) in [5.41, 5.74) is 3.87. The van der Waals surface area contributed by atoms with Gasteiger partial charge in [-0.25, -0.2) is 14.8 Å². The van der Waals surface area contributed by atoms with Gasteiger partial charge in [0.15, 0.2) is 0 Å². The Hall–Kier alpha value is -5.06. The molecule has 11 heteroatoms. The third-order valence-electron chi connectivity index (χ3n) is 6.72. The second-order valence-electron chi connectivity index (χ2n) is 11.1. The van der Waals surface area contributed by atoms with Gasteiger partial charge in [0, 0.05) is 75.2 Å². The molecule has 0 radical (unpaired) electrons. The van der Waals surface area contributed by atoms with Gasteiger partial charge in [-0.05, 0) is 39.0 Å². The first-order valence-corrected chi connectivity index (χ1v) is 13.9. The Morgan fingerprint density at radius 2 is 1.86 bits per heavy atom. The van der Waals surface area contributed by atoms with Crippen molar-refractivity contribution in [2.75, 3.05) is 49.8 Å². The van der Waals surface area contributed by atoms with Crippen molar-refractivity contribution in [1.29, 1.82) is 0 Å². The molecule has 4 aromatic rings. The monoisotopic (exact) mass is 585 g/mol. The molecule has 226 valence electrons. The highest BCUT2D eigenvalue weighted by Gasteiger charge is 2.22. The number of rotatable bonds is 10. The molecule has 0 spiro atoms. The third-order valence-corrected chi connectivity index (χ3v) is 6.72. The number of benzene rings is 2. The maximum absolute atomic E-state index is 12.6. The van der Waals surface area contributed by atoms with Gasteiger partial charge < -0.3 is 34.5 Å². The fraction of sp³-hybridized carbons (Fsp3) is 0.312. The van der Waals surface area contributed by atoms with E-state index in [4.69, 9.17) is 14.5 Å². The van der Waals surface area contributed by atoms with Crippen LogP contribution in [0, 0.1) is 0 Å². The van der Waals surface area contributed by atoms with Crippen LogP contribution in [0.15, 0.2) is 67.5 Å². The molecule has 2 heterocycles. The Morgan fingerprint density at radius 1 is 1.12 bits per heavy atom. The molecule has 0 fully saturated rings. The molecule has 4 rings (SSSR count). The lowest BCUT2D eigenvalue weighted by Crippen LogP contribution is -2.38. The largest absolute Gasteiger partial charge is 0.497 e. The lowest BCUT2D eigenvalue weighted by molar-refractivity contribution is -0.111. The lowest BCUT2D eigenvalue weighted by Gasteiger charge is -2.28. The van der Waals surface area contributed by atoms with Crippen LogP contribution in [-0.2, 0) is 16.6 Å². The van der Waals surface area contributed by atoms with E-state index in [0.29, 0.717) is 41.8 Å². The number of carbonyl (C=O) groups excluding carboxylic acids is 2. The van der Waals surface area contributed by atoms with E-state index in [1.807, 2.05) is 70.2 Å². The van der Waals surface area contributed by atoms with Crippen molar-refractivity contribution < 1.29 is 19.1 Å². The fourth-order valence-corrected chi connectivity index (χ4v) is 4.51. The first-order chi connectivity index (χ1) is 20.4. The maximum atomic E-state index is 12.6. The minimum absolute atomic E-state index is 0.339. The second kappa shape index (κ2) is 12.8. The van der Waals surface area contributed by atoms with Gasteiger partial charge in [-0.15, -0.1) is 0 Å². The molecule has 11 nitrogen and oxygen atoms in total. The molecule has 0 unspecified atom stereocenters. The van der Waals surface area contributed by atoms with Crippen molar-refractivity contribution in [3.05, 3.63) is 67.5 Å². The number of ether oxygens (including phenoxy) is 2. The summed E-state index contributed by atoms with van der Waals surface area (Å²) in [7, 11) is 7.11. The van der Waals surface area contributed by atoms with E-state index in [1.54, 1.807) is 26.4 Å². The molecule has 0 atom stereocenters. The van der Waals surface area contributed by atoms with Crippen molar-refractivity contribution in [2.24, 2.45) is 7.05 Å². The maximum Gasteiger partial charge on any atom is 0.410 e. The molecule has 0 bridgehead atoms. The Bertz CT molecular complexity index is 1640. The van der Waals surface area contributed by atoms with Crippen LogP contribution in [0.5, 0.6) is 5.75 Å². The van der Waals surface area contributed by atoms with E-state index >= 15 is 0 Å². The molecule has 0 saturated carbocycles. The Balaban J connectivity index is 1.67. The predicted molar refractivity (Wildman–Crippen MR) is 171 cm³/mol. The van der Waals surface area contributed by atoms with Crippen molar-refractivity contribution in [3.8, 4) is 17.0 Å². The van der Waals surface area contributed by atoms with Crippen LogP contribution in [0.3, 0.4) is 0 Å². The van der Waals surface area contributed by atoms with Crippen molar-refractivity contribution in [3.63, 3.8) is 0 Å². The summed E-state index contributed by atoms with van der Waals surface area (Å²) in [4.78, 5) is 37.7. The first kappa shape index (κ1) is 30.9. The lowest BCUT2D eigenvalue weighted by atomic mass is 10.1. The van der Waals surface area contributed by atoms with Gasteiger partial charge in [0.05, 0.1) is 29.9 Å². The fourth-order valence-electron chi connectivity index (χ4n) is 4.51. The highest BCUT2D eigenvalue weighted by atomic mass is 16.6. The van der Waals surface area contributed by atoms with Crippen LogP contribution in [0.2, 0.25) is 0 Å². The van der Waals surface area contributed by atoms with Crippen molar-refractivity contribution in [2.45, 2.75) is 26.4 Å². The Labute approximate surface area is 252 Å². The van der Waals surface area contributed by atoms with Gasteiger partial charge in [-0.3, -0.25) is 4.79 Å². The average molecular weight is 586 g/mol. The summed E-state index contributed by atoms with van der Waals surface area (Å²) >= 11 is 0. The number of nitrogens with one attached hydrogen (secondary N) is 2. The zero-order valence-electron chi connectivity index (χ0n) is 25.8. The summed E-state index contributed by atoms with van der Waals surface area (Å²) in [6, 6.07) is 13.6. The highest BCUT2D eigenvalue weighted by Crippen LogP contribution is 2.39. The molecule has 2 aromatic heterocycles. The quantitative estimate of drug-likeness (QED) is 0.224. The number of para-hydroxylation sites is 1. The normalized spacial score (nSPS) is 11.1. The Morgan fingerprint density at radius 3 is 2.56 bits per heavy atom. The van der Waals surface area contributed by atoms with Crippen LogP contribution in [-0.4, -0.2) is 71.3 Å². The molecule has 0 aliphatic rings. The van der Waals surface area contributed by atoms with Crippen molar-refractivity contribution in [1.82, 2.24) is 19.4 Å². The van der Waals surface area contributed by atoms with E-state index in [-0.39, 0.29) is 5.91 Å². The molecule has 43 heavy (non-hydrogen) atoms. The zero-order valence-corrected chi connectivity index (χ0v) is 25.8. The van der Waals surface area contributed by atoms with Gasteiger partial charge in [-0.2, -0.15) is 0 Å². The molecule has 0 saturated heterocycles. The zero-order chi connectivity index (χ0) is 31.3. The topological polar surface area (TPSA) is 114 Å². The summed E-state index contributed by atoms with van der Waals surface area (Å²) in [6.45, 7) is 9.89. The molecule has 2 aromatic carbocycles. The van der Waals surface area contributed by atoms with Gasteiger partial charge in [0.1, 0.15) is 11.4 Å². The van der Waals surface area contributed by atoms with E-state index in [1.165, 1.54) is 11.0 Å². The summed E-state index contributed by atoms with van der Waals surface area (Å²) in [5.74, 6) is 0.497. The number of hydrogen-bond acceptors (Lipinski definition) is 8. The number of methoxy groups -OCH3 is 1. The Kier molecular flexibility index (Phi) is 9.23. The number of aromatic nitrogens is 3. The van der Waals surface area contributed by atoms with E-state index in [0.717, 1.165) is 22.2 Å². The van der Waals surface area contributed by atoms with Crippen LogP contribution in [0.1, 0.15) is 20.8 Å². The van der Waals surface area contributed by atoms with E-state index in [2.05, 4.69) is 38.9 Å². The summed E-state index contributed by atoms with van der Waals surface area (Å²) < 4.78 is 13.1. The summed E-state index contributed by atoms with van der Waals surface area (Å²) in [6.07, 6.45) is 4.51. The van der Waals surface area contributed by atoms with E-state index < -0.39 is 11.7 Å². The SMILES string of the molecule is C=CC(=O)Nc1c(Nc2nccc(-c3cn(C)c4ccccc34)n2)cc(OC)cc1N(C)CCN(C)C(=O)OC(C)(C)C. The molecular weight excluding hydrogens is 546 g/mol. The molecule has 2 N–H and O–H groups in total. The van der Waals surface area contributed by atoms with Gasteiger partial charge in [0.2, 0.25) is 11.9 Å². The predicted octanol–water partition coefficient (Wildman–Crippen LogP) is 5.82. The standard InChI is InChI=1S/C32H39N7O4/c1-9-28(40)36-29-25(18-21(42-8)19-27(29)37(5)16-17-38(6)31(41)43-32(2,3)4)35-30-33-15-14-24(34-30)23-20-39(7)26-13-11-10-12-22(23)26/h9-15,18-20H,1,16-17H2,2-8H3,(H,36,40)(H,33,34,35). The number of anilines is 4. The number of fused-ring (bicyclic) bond motifs is 1. The second-order valence-corrected chi connectivity index (χ2v) is 11.1. The van der Waals surface area contributed by atoms with Gasteiger partial charge in [0.25, 0.3) is 0 Å². The number of carbonyl (C=O) groups is 2. The van der Waals surface area contributed by atoms with E-state index in [9.17, 15) is 9.59 Å². The number of nitrogens with zero attached hydrogens (tertiary/aromatic N) is 5. The number of amides is 2. The van der Waals surface area contributed by atoms with Gasteiger partial charge >= 0.3 is 6.09 Å². The number of aryl methyl sites for hydroxylation is 1. The van der Waals surface area contributed by atoms with Crippen LogP contribution in [0.25, 0.3) is 22.2 Å². The average Bonchev–Trinajstić information content (AvgIpc) is 3.31. The third kappa shape index (κ3) is 7.42. The highest BCUT2D eigenvalue weighted by molar-refractivity contribution is 6.05. The molecule has 0 aliphatic carbocycles. The first-order valence-electron chi connectivity index (χ1n) is 13.9. The molecule has 2 amide bonds. The van der Waals surface area contributed by atoms with Crippen LogP contribution >= 0.6 is 0 Å². The summed E-state index contributed by atoms with van der Waals surface area (Å²) in [5, 5.41) is 7.27. The minimum atomic E-state index is -0.597. The van der Waals surface area contributed by atoms with Crippen molar-refractivity contribution >= 4 is 45.9 Å². The number of hydrogen-bond donors (Lipinski definition) is 2. The minimum Gasteiger partial charge on any atom is -0.497 e.